The van der Waals surface area contributed by atoms with Crippen LogP contribution in [0.3, 0.4) is 0 Å². The number of nitrogens with zero attached hydrogens (tertiary/aromatic N) is 2. The van der Waals surface area contributed by atoms with Crippen LogP contribution in [0.25, 0.3) is 5.57 Å². The van der Waals surface area contributed by atoms with Gasteiger partial charge in [-0.3, -0.25) is 4.99 Å². The van der Waals surface area contributed by atoms with Gasteiger partial charge in [-0.15, -0.1) is 0 Å². The summed E-state index contributed by atoms with van der Waals surface area (Å²) in [6, 6.07) is 3.71. The van der Waals surface area contributed by atoms with Crippen LogP contribution in [0.2, 0.25) is 0 Å². The SMILES string of the molecule is COc1ncc(C2=CCOC[C@H]2C)c2c1C[C@]1(c3ccc(F)cc3F)N=C(N)SC[C@@H]1C2. The van der Waals surface area contributed by atoms with Crippen LogP contribution in [0.1, 0.15) is 29.2 Å². The molecule has 0 bridgehead atoms. The molecule has 1 aromatic heterocycles. The number of hydrogen-bond acceptors (Lipinski definition) is 6. The summed E-state index contributed by atoms with van der Waals surface area (Å²) in [4.78, 5) is 9.40. The van der Waals surface area contributed by atoms with E-state index >= 15 is 4.39 Å². The molecule has 8 heteroatoms. The van der Waals surface area contributed by atoms with Gasteiger partial charge in [0.25, 0.3) is 0 Å². The lowest BCUT2D eigenvalue weighted by Gasteiger charge is -2.45. The Morgan fingerprint density at radius 1 is 1.28 bits per heavy atom. The summed E-state index contributed by atoms with van der Waals surface area (Å²) in [6.07, 6.45) is 5.06. The number of rotatable bonds is 3. The van der Waals surface area contributed by atoms with Crippen molar-refractivity contribution in [3.05, 3.63) is 64.4 Å². The van der Waals surface area contributed by atoms with Crippen LogP contribution in [0.5, 0.6) is 5.88 Å². The van der Waals surface area contributed by atoms with Crippen LogP contribution in [0.15, 0.2) is 35.5 Å². The minimum absolute atomic E-state index is 0.00568. The smallest absolute Gasteiger partial charge is 0.216 e. The number of aliphatic imine (C=N–C) groups is 1. The van der Waals surface area contributed by atoms with Gasteiger partial charge in [-0.1, -0.05) is 30.8 Å². The molecule has 32 heavy (non-hydrogen) atoms. The van der Waals surface area contributed by atoms with Crippen molar-refractivity contribution in [3.8, 4) is 5.88 Å². The minimum Gasteiger partial charge on any atom is -0.481 e. The molecule has 0 fully saturated rings. The highest BCUT2D eigenvalue weighted by Gasteiger charge is 2.49. The molecule has 3 heterocycles. The van der Waals surface area contributed by atoms with E-state index in [0.29, 0.717) is 48.4 Å². The monoisotopic (exact) mass is 457 g/mol. The Kier molecular flexibility index (Phi) is 5.45. The van der Waals surface area contributed by atoms with Crippen molar-refractivity contribution >= 4 is 22.5 Å². The Balaban J connectivity index is 1.71. The van der Waals surface area contributed by atoms with Gasteiger partial charge >= 0.3 is 0 Å². The number of thioether (sulfide) groups is 1. The van der Waals surface area contributed by atoms with Gasteiger partial charge in [0.1, 0.15) is 11.6 Å². The summed E-state index contributed by atoms with van der Waals surface area (Å²) < 4.78 is 40.0. The standard InChI is InChI=1S/C24H25F2N3O2S/c1-13-11-31-6-5-16(13)19-10-28-22(30-2)18-9-24(20-4-3-15(25)8-21(20)26)14(7-17(18)19)12-32-23(27)29-24/h3-5,8,10,13-14H,6-7,9,11-12H2,1-2H3,(H2,27,29)/t13-,14+,24+/m1/s1. The zero-order chi connectivity index (χ0) is 22.5. The molecule has 0 spiro atoms. The fourth-order valence-electron chi connectivity index (χ4n) is 5.26. The second-order valence-corrected chi connectivity index (χ2v) is 9.66. The molecular weight excluding hydrogens is 432 g/mol. The lowest BCUT2D eigenvalue weighted by molar-refractivity contribution is 0.135. The van der Waals surface area contributed by atoms with E-state index in [4.69, 9.17) is 20.2 Å². The summed E-state index contributed by atoms with van der Waals surface area (Å²) in [5, 5.41) is 0.414. The first kappa shape index (κ1) is 21.4. The van der Waals surface area contributed by atoms with E-state index in [1.165, 1.54) is 29.5 Å². The van der Waals surface area contributed by atoms with Crippen LogP contribution in [0.4, 0.5) is 8.78 Å². The summed E-state index contributed by atoms with van der Waals surface area (Å²) in [6.45, 7) is 3.38. The first-order chi connectivity index (χ1) is 15.4. The first-order valence-electron chi connectivity index (χ1n) is 10.7. The van der Waals surface area contributed by atoms with Gasteiger partial charge in [0.15, 0.2) is 5.17 Å². The number of methoxy groups -OCH3 is 1. The molecule has 1 aromatic carbocycles. The van der Waals surface area contributed by atoms with Crippen molar-refractivity contribution < 1.29 is 18.3 Å². The van der Waals surface area contributed by atoms with E-state index in [2.05, 4.69) is 18.0 Å². The Bertz CT molecular complexity index is 1140. The summed E-state index contributed by atoms with van der Waals surface area (Å²) in [5.74, 6) is 0.238. The van der Waals surface area contributed by atoms with E-state index in [0.717, 1.165) is 22.8 Å². The molecule has 2 N–H and O–H groups in total. The second-order valence-electron chi connectivity index (χ2n) is 8.62. The Morgan fingerprint density at radius 3 is 2.88 bits per heavy atom. The van der Waals surface area contributed by atoms with Gasteiger partial charge in [-0.2, -0.15) is 0 Å². The van der Waals surface area contributed by atoms with Crippen molar-refractivity contribution in [2.75, 3.05) is 26.1 Å². The highest BCUT2D eigenvalue weighted by molar-refractivity contribution is 8.13. The van der Waals surface area contributed by atoms with Gasteiger partial charge in [0.2, 0.25) is 5.88 Å². The quantitative estimate of drug-likeness (QED) is 0.752. The normalized spacial score (nSPS) is 27.1. The third-order valence-corrected chi connectivity index (χ3v) is 7.75. The van der Waals surface area contributed by atoms with Gasteiger partial charge in [-0.05, 0) is 29.2 Å². The maximum Gasteiger partial charge on any atom is 0.216 e. The second kappa shape index (κ2) is 8.15. The third-order valence-electron chi connectivity index (χ3n) is 6.79. The average molecular weight is 458 g/mol. The highest BCUT2D eigenvalue weighted by Crippen LogP contribution is 2.51. The van der Waals surface area contributed by atoms with Crippen LogP contribution >= 0.6 is 11.8 Å². The molecule has 0 saturated heterocycles. The van der Waals surface area contributed by atoms with Gasteiger partial charge < -0.3 is 15.2 Å². The summed E-state index contributed by atoms with van der Waals surface area (Å²) in [7, 11) is 1.59. The topological polar surface area (TPSA) is 69.7 Å². The fraction of sp³-hybridized carbons (Fsp3) is 0.417. The lowest BCUT2D eigenvalue weighted by atomic mass is 9.66. The predicted molar refractivity (Wildman–Crippen MR) is 122 cm³/mol. The molecular formula is C24H25F2N3O2S. The third kappa shape index (κ3) is 3.40. The highest BCUT2D eigenvalue weighted by atomic mass is 32.2. The Labute approximate surface area is 190 Å². The van der Waals surface area contributed by atoms with E-state index in [-0.39, 0.29) is 11.8 Å². The number of aromatic nitrogens is 1. The molecule has 0 unspecified atom stereocenters. The zero-order valence-electron chi connectivity index (χ0n) is 18.0. The summed E-state index contributed by atoms with van der Waals surface area (Å²) >= 11 is 1.48. The number of amidine groups is 1. The number of nitrogens with two attached hydrogens (primary N) is 1. The predicted octanol–water partition coefficient (Wildman–Crippen LogP) is 4.09. The fourth-order valence-corrected chi connectivity index (χ4v) is 6.25. The maximum absolute atomic E-state index is 15.1. The molecule has 2 aromatic rings. The lowest BCUT2D eigenvalue weighted by Crippen LogP contribution is -2.47. The van der Waals surface area contributed by atoms with Crippen molar-refractivity contribution in [3.63, 3.8) is 0 Å². The maximum atomic E-state index is 15.1. The molecule has 3 atom stereocenters. The first-order valence-corrected chi connectivity index (χ1v) is 11.7. The van der Waals surface area contributed by atoms with E-state index in [9.17, 15) is 4.39 Å². The van der Waals surface area contributed by atoms with Gasteiger partial charge in [0, 0.05) is 47.4 Å². The van der Waals surface area contributed by atoms with Crippen molar-refractivity contribution in [2.45, 2.75) is 25.3 Å². The molecule has 0 saturated carbocycles. The number of hydrogen-bond donors (Lipinski definition) is 1. The van der Waals surface area contributed by atoms with Gasteiger partial charge in [0.05, 0.1) is 25.9 Å². The molecule has 2 aliphatic heterocycles. The van der Waals surface area contributed by atoms with E-state index in [1.54, 1.807) is 7.11 Å². The number of benzene rings is 1. The van der Waals surface area contributed by atoms with E-state index < -0.39 is 17.2 Å². The number of pyridine rings is 1. The van der Waals surface area contributed by atoms with Crippen LogP contribution in [0, 0.1) is 23.5 Å². The molecule has 5 rings (SSSR count). The van der Waals surface area contributed by atoms with Crippen molar-refractivity contribution in [2.24, 2.45) is 22.6 Å². The molecule has 0 radical (unpaired) electrons. The number of fused-ring (bicyclic) bond motifs is 2. The van der Waals surface area contributed by atoms with Crippen LogP contribution in [-0.2, 0) is 23.1 Å². The molecule has 168 valence electrons. The zero-order valence-corrected chi connectivity index (χ0v) is 18.8. The van der Waals surface area contributed by atoms with Crippen molar-refractivity contribution in [1.82, 2.24) is 4.98 Å². The largest absolute Gasteiger partial charge is 0.481 e. The Morgan fingerprint density at radius 2 is 2.12 bits per heavy atom. The Hall–Kier alpha value is -2.45. The van der Waals surface area contributed by atoms with Gasteiger partial charge in [-0.25, -0.2) is 13.8 Å². The van der Waals surface area contributed by atoms with Crippen molar-refractivity contribution in [1.29, 1.82) is 0 Å². The molecule has 5 nitrogen and oxygen atoms in total. The van der Waals surface area contributed by atoms with E-state index in [1.807, 2.05) is 6.20 Å². The average Bonchev–Trinajstić information content (AvgIpc) is 2.77. The molecule has 3 aliphatic rings. The van der Waals surface area contributed by atoms with Crippen LogP contribution < -0.4 is 10.5 Å². The minimum atomic E-state index is -0.927. The number of halogens is 2. The molecule has 0 amide bonds. The van der Waals surface area contributed by atoms with Crippen LogP contribution in [-0.4, -0.2) is 36.2 Å². The molecule has 1 aliphatic carbocycles. The number of ether oxygens (including phenoxy) is 2. The summed E-state index contributed by atoms with van der Waals surface area (Å²) in [5.41, 5.74) is 9.97.